The third-order valence-corrected chi connectivity index (χ3v) is 2.87. The minimum atomic E-state index is -0.448. The van der Waals surface area contributed by atoms with Gasteiger partial charge in [0.2, 0.25) is 0 Å². The summed E-state index contributed by atoms with van der Waals surface area (Å²) in [5.74, 6) is 1.41. The molecule has 1 aromatic rings. The number of benzene rings is 1. The number of para-hydroxylation sites is 1. The van der Waals surface area contributed by atoms with Crippen LogP contribution in [0.1, 0.15) is 32.8 Å². The lowest BCUT2D eigenvalue weighted by Crippen LogP contribution is -2.23. The van der Waals surface area contributed by atoms with E-state index in [2.05, 4.69) is 19.2 Å². The minimum absolute atomic E-state index is 0.283. The Morgan fingerprint density at radius 3 is 2.63 bits per heavy atom. The monoisotopic (exact) mass is 267 g/mol. The second-order valence-corrected chi connectivity index (χ2v) is 4.86. The molecule has 1 rings (SSSR count). The highest BCUT2D eigenvalue weighted by Gasteiger charge is 2.12. The van der Waals surface area contributed by atoms with E-state index in [1.807, 2.05) is 25.1 Å². The fourth-order valence-corrected chi connectivity index (χ4v) is 1.64. The Morgan fingerprint density at radius 2 is 2.05 bits per heavy atom. The molecule has 4 nitrogen and oxygen atoms in total. The summed E-state index contributed by atoms with van der Waals surface area (Å²) in [5, 5.41) is 13.0. The van der Waals surface area contributed by atoms with Crippen LogP contribution < -0.4 is 14.8 Å². The van der Waals surface area contributed by atoms with Crippen molar-refractivity contribution < 1.29 is 14.6 Å². The molecule has 0 aliphatic carbocycles. The number of methoxy groups -OCH3 is 1. The number of hydrogen-bond donors (Lipinski definition) is 2. The smallest absolute Gasteiger partial charge is 0.165 e. The van der Waals surface area contributed by atoms with Gasteiger partial charge in [0.15, 0.2) is 11.5 Å². The van der Waals surface area contributed by atoms with Crippen LogP contribution in [0.25, 0.3) is 0 Å². The van der Waals surface area contributed by atoms with Gasteiger partial charge >= 0.3 is 0 Å². The second-order valence-electron chi connectivity index (χ2n) is 4.86. The van der Waals surface area contributed by atoms with E-state index in [0.29, 0.717) is 30.5 Å². The third kappa shape index (κ3) is 5.09. The number of aliphatic hydroxyl groups excluding tert-OH is 1. The van der Waals surface area contributed by atoms with E-state index in [4.69, 9.17) is 9.47 Å². The Kier molecular flexibility index (Phi) is 6.67. The van der Waals surface area contributed by atoms with Crippen molar-refractivity contribution in [3.63, 3.8) is 0 Å². The standard InChI is InChI=1S/C15H25NO3/c1-5-13(17)10-19-15-12(9-16-11(2)3)7-6-8-14(15)18-4/h6-8,11,13,16-17H,5,9-10H2,1-4H3. The molecule has 0 saturated heterocycles. The molecule has 0 fully saturated rings. The predicted molar refractivity (Wildman–Crippen MR) is 76.8 cm³/mol. The summed E-state index contributed by atoms with van der Waals surface area (Å²) in [4.78, 5) is 0. The zero-order valence-corrected chi connectivity index (χ0v) is 12.3. The summed E-state index contributed by atoms with van der Waals surface area (Å²) in [7, 11) is 1.62. The lowest BCUT2D eigenvalue weighted by Gasteiger charge is -2.18. The van der Waals surface area contributed by atoms with Gasteiger partial charge in [0, 0.05) is 18.2 Å². The molecular weight excluding hydrogens is 242 g/mol. The van der Waals surface area contributed by atoms with E-state index in [1.54, 1.807) is 7.11 Å². The zero-order chi connectivity index (χ0) is 14.3. The highest BCUT2D eigenvalue weighted by atomic mass is 16.5. The van der Waals surface area contributed by atoms with Gasteiger partial charge in [0.1, 0.15) is 6.61 Å². The number of nitrogens with one attached hydrogen (secondary N) is 1. The summed E-state index contributed by atoms with van der Waals surface area (Å²) in [5.41, 5.74) is 1.04. The molecule has 0 heterocycles. The molecule has 0 bridgehead atoms. The maximum Gasteiger partial charge on any atom is 0.165 e. The predicted octanol–water partition coefficient (Wildman–Crippen LogP) is 2.34. The van der Waals surface area contributed by atoms with E-state index in [0.717, 1.165) is 5.56 Å². The van der Waals surface area contributed by atoms with Crippen LogP contribution >= 0.6 is 0 Å². The first-order chi connectivity index (χ1) is 9.08. The molecule has 0 radical (unpaired) electrons. The zero-order valence-electron chi connectivity index (χ0n) is 12.3. The van der Waals surface area contributed by atoms with Crippen LogP contribution in [0.15, 0.2) is 18.2 Å². The molecule has 0 amide bonds. The van der Waals surface area contributed by atoms with Crippen LogP contribution in [-0.2, 0) is 6.54 Å². The van der Waals surface area contributed by atoms with Crippen LogP contribution in [0.3, 0.4) is 0 Å². The van der Waals surface area contributed by atoms with Crippen molar-refractivity contribution >= 4 is 0 Å². The topological polar surface area (TPSA) is 50.7 Å². The van der Waals surface area contributed by atoms with E-state index in [9.17, 15) is 5.11 Å². The van der Waals surface area contributed by atoms with E-state index >= 15 is 0 Å². The Labute approximate surface area is 115 Å². The lowest BCUT2D eigenvalue weighted by atomic mass is 10.1. The van der Waals surface area contributed by atoms with E-state index in [-0.39, 0.29) is 6.61 Å². The van der Waals surface area contributed by atoms with Crippen molar-refractivity contribution in [1.29, 1.82) is 0 Å². The van der Waals surface area contributed by atoms with Crippen LogP contribution in [0, 0.1) is 0 Å². The van der Waals surface area contributed by atoms with Gasteiger partial charge in [-0.25, -0.2) is 0 Å². The Hall–Kier alpha value is -1.26. The van der Waals surface area contributed by atoms with Crippen molar-refractivity contribution in [1.82, 2.24) is 5.32 Å². The molecular formula is C15H25NO3. The van der Waals surface area contributed by atoms with Crippen molar-refractivity contribution in [3.8, 4) is 11.5 Å². The molecule has 0 aliphatic rings. The molecule has 1 aromatic carbocycles. The molecule has 2 N–H and O–H groups in total. The van der Waals surface area contributed by atoms with E-state index < -0.39 is 6.10 Å². The first kappa shape index (κ1) is 15.8. The molecule has 4 heteroatoms. The van der Waals surface area contributed by atoms with Crippen molar-refractivity contribution in [2.24, 2.45) is 0 Å². The SMILES string of the molecule is CCC(O)COc1c(CNC(C)C)cccc1OC. The summed E-state index contributed by atoms with van der Waals surface area (Å²) >= 11 is 0. The van der Waals surface area contributed by atoms with Crippen molar-refractivity contribution in [2.45, 2.75) is 45.9 Å². The Balaban J connectivity index is 2.83. The maximum absolute atomic E-state index is 9.61. The minimum Gasteiger partial charge on any atom is -0.493 e. The van der Waals surface area contributed by atoms with Gasteiger partial charge in [0.25, 0.3) is 0 Å². The fraction of sp³-hybridized carbons (Fsp3) is 0.600. The summed E-state index contributed by atoms with van der Waals surface area (Å²) in [6.45, 7) is 7.12. The van der Waals surface area contributed by atoms with Gasteiger partial charge in [-0.15, -0.1) is 0 Å². The fourth-order valence-electron chi connectivity index (χ4n) is 1.64. The van der Waals surface area contributed by atoms with Crippen molar-refractivity contribution in [2.75, 3.05) is 13.7 Å². The number of rotatable bonds is 8. The highest BCUT2D eigenvalue weighted by Crippen LogP contribution is 2.31. The Bertz CT molecular complexity index is 380. The molecule has 0 saturated carbocycles. The summed E-state index contributed by atoms with van der Waals surface area (Å²) in [6.07, 6.45) is 0.227. The first-order valence-corrected chi connectivity index (χ1v) is 6.78. The van der Waals surface area contributed by atoms with Gasteiger partial charge in [-0.05, 0) is 12.5 Å². The van der Waals surface area contributed by atoms with Gasteiger partial charge in [0.05, 0.1) is 13.2 Å². The molecule has 1 atom stereocenters. The summed E-state index contributed by atoms with van der Waals surface area (Å²) in [6, 6.07) is 6.22. The third-order valence-electron chi connectivity index (χ3n) is 2.87. The van der Waals surface area contributed by atoms with Gasteiger partial charge in [-0.3, -0.25) is 0 Å². The second kappa shape index (κ2) is 8.02. The average Bonchev–Trinajstić information content (AvgIpc) is 2.42. The van der Waals surface area contributed by atoms with Gasteiger partial charge in [-0.1, -0.05) is 32.9 Å². The van der Waals surface area contributed by atoms with Crippen LogP contribution in [0.4, 0.5) is 0 Å². The van der Waals surface area contributed by atoms with Crippen LogP contribution in [-0.4, -0.2) is 31.0 Å². The van der Waals surface area contributed by atoms with E-state index in [1.165, 1.54) is 0 Å². The van der Waals surface area contributed by atoms with Crippen LogP contribution in [0.5, 0.6) is 11.5 Å². The molecule has 0 aliphatic heterocycles. The van der Waals surface area contributed by atoms with Crippen molar-refractivity contribution in [3.05, 3.63) is 23.8 Å². The molecule has 0 spiro atoms. The van der Waals surface area contributed by atoms with Gasteiger partial charge in [-0.2, -0.15) is 0 Å². The molecule has 0 aromatic heterocycles. The largest absolute Gasteiger partial charge is 0.493 e. The average molecular weight is 267 g/mol. The maximum atomic E-state index is 9.61. The normalized spacial score (nSPS) is 12.5. The van der Waals surface area contributed by atoms with Crippen LogP contribution in [0.2, 0.25) is 0 Å². The number of ether oxygens (including phenoxy) is 2. The quantitative estimate of drug-likeness (QED) is 0.759. The molecule has 1 unspecified atom stereocenters. The molecule has 108 valence electrons. The Morgan fingerprint density at radius 1 is 1.32 bits per heavy atom. The number of aliphatic hydroxyl groups is 1. The highest BCUT2D eigenvalue weighted by molar-refractivity contribution is 5.46. The first-order valence-electron chi connectivity index (χ1n) is 6.78. The molecule has 19 heavy (non-hydrogen) atoms. The lowest BCUT2D eigenvalue weighted by molar-refractivity contribution is 0.102. The van der Waals surface area contributed by atoms with Gasteiger partial charge < -0.3 is 19.9 Å². The summed E-state index contributed by atoms with van der Waals surface area (Å²) < 4.78 is 11.1. The number of hydrogen-bond acceptors (Lipinski definition) is 4.